The summed E-state index contributed by atoms with van der Waals surface area (Å²) in [7, 11) is 0. The van der Waals surface area contributed by atoms with E-state index in [0.29, 0.717) is 17.9 Å². The van der Waals surface area contributed by atoms with Crippen LogP contribution in [0.5, 0.6) is 0 Å². The molecule has 0 bridgehead atoms. The summed E-state index contributed by atoms with van der Waals surface area (Å²) in [4.78, 5) is 11.2. The molecular formula is C11H12FNO2S. The number of hydrogen-bond donors (Lipinski definition) is 2. The number of aliphatic carboxylic acids is 1. The van der Waals surface area contributed by atoms with Gasteiger partial charge in [0.1, 0.15) is 11.4 Å². The van der Waals surface area contributed by atoms with Gasteiger partial charge in [0.05, 0.1) is 0 Å². The average molecular weight is 241 g/mol. The Labute approximate surface area is 97.0 Å². The zero-order valence-electron chi connectivity index (χ0n) is 8.57. The van der Waals surface area contributed by atoms with Crippen LogP contribution in [0.1, 0.15) is 6.42 Å². The minimum absolute atomic E-state index is 0.323. The predicted molar refractivity (Wildman–Crippen MR) is 62.3 cm³/mol. The summed E-state index contributed by atoms with van der Waals surface area (Å²) in [6.07, 6.45) is 0.588. The lowest BCUT2D eigenvalue weighted by Crippen LogP contribution is -2.46. The van der Waals surface area contributed by atoms with Crippen molar-refractivity contribution in [1.82, 2.24) is 0 Å². The highest BCUT2D eigenvalue weighted by Crippen LogP contribution is 2.31. The van der Waals surface area contributed by atoms with Gasteiger partial charge in [0.2, 0.25) is 0 Å². The Bertz CT molecular complexity index is 387. The first kappa shape index (κ1) is 11.3. The van der Waals surface area contributed by atoms with Gasteiger partial charge in [-0.3, -0.25) is 0 Å². The molecule has 1 fully saturated rings. The summed E-state index contributed by atoms with van der Waals surface area (Å²) < 4.78 is 12.7. The van der Waals surface area contributed by atoms with Crippen molar-refractivity contribution in [2.45, 2.75) is 12.0 Å². The largest absolute Gasteiger partial charge is 0.479 e. The Balaban J connectivity index is 2.18. The lowest BCUT2D eigenvalue weighted by Gasteiger charge is -2.25. The molecule has 1 aromatic carbocycles. The van der Waals surface area contributed by atoms with Crippen LogP contribution in [-0.4, -0.2) is 28.1 Å². The SMILES string of the molecule is O=C(O)C1(Nc2ccc(F)cc2)CCSC1. The van der Waals surface area contributed by atoms with Crippen molar-refractivity contribution < 1.29 is 14.3 Å². The van der Waals surface area contributed by atoms with Gasteiger partial charge in [-0.15, -0.1) is 0 Å². The number of carboxylic acids is 1. The molecular weight excluding hydrogens is 229 g/mol. The number of carboxylic acid groups (broad SMARTS) is 1. The molecule has 86 valence electrons. The molecule has 16 heavy (non-hydrogen) atoms. The van der Waals surface area contributed by atoms with Crippen LogP contribution in [0.4, 0.5) is 10.1 Å². The van der Waals surface area contributed by atoms with Crippen LogP contribution in [0.15, 0.2) is 24.3 Å². The Morgan fingerprint density at radius 3 is 2.62 bits per heavy atom. The van der Waals surface area contributed by atoms with E-state index in [0.717, 1.165) is 5.75 Å². The van der Waals surface area contributed by atoms with Crippen LogP contribution in [0, 0.1) is 5.82 Å². The summed E-state index contributed by atoms with van der Waals surface area (Å²) in [5, 5.41) is 12.2. The number of rotatable bonds is 3. The van der Waals surface area contributed by atoms with E-state index in [-0.39, 0.29) is 5.82 Å². The third-order valence-electron chi connectivity index (χ3n) is 2.66. The number of nitrogens with one attached hydrogen (secondary N) is 1. The van der Waals surface area contributed by atoms with Crippen LogP contribution in [0.25, 0.3) is 0 Å². The van der Waals surface area contributed by atoms with E-state index < -0.39 is 11.5 Å². The molecule has 1 atom stereocenters. The molecule has 1 heterocycles. The van der Waals surface area contributed by atoms with E-state index >= 15 is 0 Å². The van der Waals surface area contributed by atoms with Crippen LogP contribution >= 0.6 is 11.8 Å². The zero-order valence-corrected chi connectivity index (χ0v) is 9.39. The van der Waals surface area contributed by atoms with E-state index in [1.165, 1.54) is 12.1 Å². The lowest BCUT2D eigenvalue weighted by molar-refractivity contribution is -0.141. The maximum atomic E-state index is 12.7. The molecule has 5 heteroatoms. The molecule has 1 aliphatic rings. The third kappa shape index (κ3) is 2.14. The highest BCUT2D eigenvalue weighted by Gasteiger charge is 2.41. The quantitative estimate of drug-likeness (QED) is 0.851. The van der Waals surface area contributed by atoms with E-state index in [1.54, 1.807) is 23.9 Å². The molecule has 0 amide bonds. The average Bonchev–Trinajstić information content (AvgIpc) is 2.71. The number of carbonyl (C=O) groups is 1. The van der Waals surface area contributed by atoms with Crippen LogP contribution in [-0.2, 0) is 4.79 Å². The summed E-state index contributed by atoms with van der Waals surface area (Å²) in [5.41, 5.74) is -0.256. The zero-order chi connectivity index (χ0) is 11.6. The fraction of sp³-hybridized carbons (Fsp3) is 0.364. The molecule has 2 N–H and O–H groups in total. The molecule has 1 aliphatic heterocycles. The van der Waals surface area contributed by atoms with Crippen molar-refractivity contribution in [3.05, 3.63) is 30.1 Å². The smallest absolute Gasteiger partial charge is 0.330 e. The first-order valence-corrected chi connectivity index (χ1v) is 6.13. The normalized spacial score (nSPS) is 24.3. The second kappa shape index (κ2) is 4.33. The minimum atomic E-state index is -0.900. The minimum Gasteiger partial charge on any atom is -0.479 e. The monoisotopic (exact) mass is 241 g/mol. The van der Waals surface area contributed by atoms with Gasteiger partial charge in [-0.05, 0) is 36.4 Å². The summed E-state index contributed by atoms with van der Waals surface area (Å²) in [6, 6.07) is 5.76. The topological polar surface area (TPSA) is 49.3 Å². The second-order valence-corrected chi connectivity index (χ2v) is 4.93. The predicted octanol–water partition coefficient (Wildman–Crippen LogP) is 2.20. The van der Waals surface area contributed by atoms with Crippen molar-refractivity contribution in [3.63, 3.8) is 0 Å². The number of halogens is 1. The first-order chi connectivity index (χ1) is 7.62. The Morgan fingerprint density at radius 2 is 2.12 bits per heavy atom. The number of thioether (sulfide) groups is 1. The molecule has 0 saturated carbocycles. The van der Waals surface area contributed by atoms with Gasteiger partial charge in [-0.1, -0.05) is 0 Å². The van der Waals surface area contributed by atoms with Gasteiger partial charge in [0.25, 0.3) is 0 Å². The van der Waals surface area contributed by atoms with Crippen molar-refractivity contribution in [2.24, 2.45) is 0 Å². The Hall–Kier alpha value is -1.23. The molecule has 0 radical (unpaired) electrons. The Kier molecular flexibility index (Phi) is 3.05. The van der Waals surface area contributed by atoms with Crippen molar-refractivity contribution >= 4 is 23.4 Å². The van der Waals surface area contributed by atoms with Crippen LogP contribution in [0.2, 0.25) is 0 Å². The van der Waals surface area contributed by atoms with Crippen molar-refractivity contribution in [1.29, 1.82) is 0 Å². The van der Waals surface area contributed by atoms with Crippen molar-refractivity contribution in [2.75, 3.05) is 16.8 Å². The van der Waals surface area contributed by atoms with Gasteiger partial charge in [-0.25, -0.2) is 9.18 Å². The molecule has 1 saturated heterocycles. The fourth-order valence-electron chi connectivity index (χ4n) is 1.70. The summed E-state index contributed by atoms with van der Waals surface area (Å²) in [6.45, 7) is 0. The standard InChI is InChI=1S/C11H12FNO2S/c12-8-1-3-9(4-2-8)13-11(10(14)15)5-6-16-7-11/h1-4,13H,5-7H2,(H,14,15). The van der Waals surface area contributed by atoms with Gasteiger partial charge in [0, 0.05) is 11.4 Å². The molecule has 2 rings (SSSR count). The third-order valence-corrected chi connectivity index (χ3v) is 3.85. The highest BCUT2D eigenvalue weighted by molar-refractivity contribution is 7.99. The first-order valence-electron chi connectivity index (χ1n) is 4.97. The molecule has 0 aromatic heterocycles. The molecule has 1 unspecified atom stereocenters. The molecule has 3 nitrogen and oxygen atoms in total. The van der Waals surface area contributed by atoms with Crippen LogP contribution in [0.3, 0.4) is 0 Å². The van der Waals surface area contributed by atoms with E-state index in [1.807, 2.05) is 0 Å². The number of benzene rings is 1. The molecule has 0 aliphatic carbocycles. The van der Waals surface area contributed by atoms with Crippen molar-refractivity contribution in [3.8, 4) is 0 Å². The van der Waals surface area contributed by atoms with Gasteiger partial charge in [0.15, 0.2) is 0 Å². The molecule has 0 spiro atoms. The van der Waals surface area contributed by atoms with Gasteiger partial charge < -0.3 is 10.4 Å². The highest BCUT2D eigenvalue weighted by atomic mass is 32.2. The van der Waals surface area contributed by atoms with Gasteiger partial charge in [-0.2, -0.15) is 11.8 Å². The Morgan fingerprint density at radius 1 is 1.44 bits per heavy atom. The number of anilines is 1. The maximum Gasteiger partial charge on any atom is 0.330 e. The lowest BCUT2D eigenvalue weighted by atomic mass is 9.99. The summed E-state index contributed by atoms with van der Waals surface area (Å²) in [5.74, 6) is 0.206. The second-order valence-electron chi connectivity index (χ2n) is 3.82. The van der Waals surface area contributed by atoms with E-state index in [4.69, 9.17) is 0 Å². The van der Waals surface area contributed by atoms with E-state index in [9.17, 15) is 14.3 Å². The fourth-order valence-corrected chi connectivity index (χ4v) is 3.02. The number of hydrogen-bond acceptors (Lipinski definition) is 3. The molecule has 1 aromatic rings. The van der Waals surface area contributed by atoms with E-state index in [2.05, 4.69) is 5.32 Å². The van der Waals surface area contributed by atoms with Gasteiger partial charge >= 0.3 is 5.97 Å². The maximum absolute atomic E-state index is 12.7. The van der Waals surface area contributed by atoms with Crippen LogP contribution < -0.4 is 5.32 Å². The summed E-state index contributed by atoms with van der Waals surface area (Å²) >= 11 is 1.61.